The Bertz CT molecular complexity index is 96.6. The molecule has 8 heavy (non-hydrogen) atoms. The van der Waals surface area contributed by atoms with Gasteiger partial charge in [0.05, 0.1) is 0 Å². The van der Waals surface area contributed by atoms with Gasteiger partial charge in [-0.05, 0) is 0 Å². The SMILES string of the molecule is C/C=C/C=[CH]/[Zr]([Cl])[Cl]. The third kappa shape index (κ3) is 6.94. The summed E-state index contributed by atoms with van der Waals surface area (Å²) >= 11 is -1.95. The molecule has 0 fully saturated rings. The molecule has 0 spiro atoms. The van der Waals surface area contributed by atoms with Crippen LogP contribution >= 0.6 is 17.0 Å². The fourth-order valence-corrected chi connectivity index (χ4v) is 1.73. The molecule has 0 aliphatic rings. The molecule has 0 atom stereocenters. The van der Waals surface area contributed by atoms with Crippen molar-refractivity contribution in [2.75, 3.05) is 0 Å². The van der Waals surface area contributed by atoms with Gasteiger partial charge in [0.25, 0.3) is 0 Å². The zero-order valence-electron chi connectivity index (χ0n) is 4.57. The summed E-state index contributed by atoms with van der Waals surface area (Å²) in [5, 5.41) is 0. The van der Waals surface area contributed by atoms with Crippen LogP contribution in [0.5, 0.6) is 0 Å². The maximum absolute atomic E-state index is 5.55. The summed E-state index contributed by atoms with van der Waals surface area (Å²) < 4.78 is 1.89. The van der Waals surface area contributed by atoms with E-state index in [1.54, 1.807) is 0 Å². The molecule has 0 rings (SSSR count). The molecule has 0 heterocycles. The molecule has 0 aromatic carbocycles. The topological polar surface area (TPSA) is 0 Å². The first-order chi connectivity index (χ1) is 3.77. The normalized spacial score (nSPS) is 11.4. The van der Waals surface area contributed by atoms with Crippen LogP contribution in [-0.4, -0.2) is 0 Å². The van der Waals surface area contributed by atoms with Crippen LogP contribution in [0.4, 0.5) is 0 Å². The van der Waals surface area contributed by atoms with Gasteiger partial charge in [-0.2, -0.15) is 0 Å². The Morgan fingerprint density at radius 3 is 2.25 bits per heavy atom. The van der Waals surface area contributed by atoms with Crippen molar-refractivity contribution in [1.82, 2.24) is 0 Å². The van der Waals surface area contributed by atoms with Crippen LogP contribution in [0.15, 0.2) is 22.0 Å². The number of hydrogen-bond acceptors (Lipinski definition) is 0. The molecule has 0 aromatic rings. The minimum atomic E-state index is -1.95. The first-order valence-corrected chi connectivity index (χ1v) is 9.99. The van der Waals surface area contributed by atoms with Crippen LogP contribution < -0.4 is 0 Å². The van der Waals surface area contributed by atoms with Crippen molar-refractivity contribution < 1.29 is 19.4 Å². The molecule has 45 valence electrons. The molecule has 0 aromatic heterocycles. The standard InChI is InChI=1S/C5H7.2ClH.Zr/c1-3-5-4-2;;;/h1,3-5H,2H3;2*1H;/q;;;+2/p-2/b3-1?,5-4+;;;. The number of allylic oxidation sites excluding steroid dienone is 3. The Morgan fingerprint density at radius 2 is 1.88 bits per heavy atom. The van der Waals surface area contributed by atoms with E-state index in [0.29, 0.717) is 0 Å². The van der Waals surface area contributed by atoms with E-state index in [1.165, 1.54) is 0 Å². The summed E-state index contributed by atoms with van der Waals surface area (Å²) in [7, 11) is 11.1. The molecule has 0 saturated carbocycles. The van der Waals surface area contributed by atoms with Crippen molar-refractivity contribution >= 4 is 17.0 Å². The van der Waals surface area contributed by atoms with E-state index in [9.17, 15) is 0 Å². The van der Waals surface area contributed by atoms with Crippen LogP contribution in [0.25, 0.3) is 0 Å². The monoisotopic (exact) mass is 227 g/mol. The molecular formula is C5H7Cl2Zr. The second-order valence-electron chi connectivity index (χ2n) is 1.17. The third-order valence-electron chi connectivity index (χ3n) is 0.526. The van der Waals surface area contributed by atoms with Crippen molar-refractivity contribution in [3.63, 3.8) is 0 Å². The maximum atomic E-state index is 5.55. The molecular weight excluding hydrogens is 222 g/mol. The van der Waals surface area contributed by atoms with Crippen molar-refractivity contribution in [3.8, 4) is 0 Å². The first-order valence-electron chi connectivity index (χ1n) is 2.24. The molecule has 0 radical (unpaired) electrons. The Balaban J connectivity index is 3.34. The molecule has 0 N–H and O–H groups in total. The van der Waals surface area contributed by atoms with E-state index in [0.717, 1.165) is 0 Å². The average molecular weight is 229 g/mol. The van der Waals surface area contributed by atoms with E-state index in [2.05, 4.69) is 0 Å². The molecule has 0 amide bonds. The second-order valence-corrected chi connectivity index (χ2v) is 9.38. The van der Waals surface area contributed by atoms with Gasteiger partial charge in [-0.15, -0.1) is 0 Å². The fraction of sp³-hybridized carbons (Fsp3) is 0.200. The second kappa shape index (κ2) is 6.07. The van der Waals surface area contributed by atoms with Gasteiger partial charge in [-0.1, -0.05) is 0 Å². The predicted molar refractivity (Wildman–Crippen MR) is 35.7 cm³/mol. The van der Waals surface area contributed by atoms with Crippen LogP contribution in [0.3, 0.4) is 0 Å². The number of hydrogen-bond donors (Lipinski definition) is 0. The van der Waals surface area contributed by atoms with E-state index in [-0.39, 0.29) is 0 Å². The Morgan fingerprint density at radius 1 is 1.25 bits per heavy atom. The summed E-state index contributed by atoms with van der Waals surface area (Å²) in [4.78, 5) is 0. The van der Waals surface area contributed by atoms with Gasteiger partial charge in [0.2, 0.25) is 0 Å². The summed E-state index contributed by atoms with van der Waals surface area (Å²) in [5.74, 6) is 0. The molecule has 0 nitrogen and oxygen atoms in total. The van der Waals surface area contributed by atoms with Crippen LogP contribution in [-0.2, 0) is 19.4 Å². The van der Waals surface area contributed by atoms with Crippen LogP contribution in [0.2, 0.25) is 0 Å². The molecule has 0 aliphatic heterocycles. The number of rotatable bonds is 2. The molecule has 3 heteroatoms. The van der Waals surface area contributed by atoms with Crippen LogP contribution in [0.1, 0.15) is 6.92 Å². The zero-order valence-corrected chi connectivity index (χ0v) is 8.54. The first kappa shape index (κ1) is 8.94. The molecule has 0 unspecified atom stereocenters. The van der Waals surface area contributed by atoms with Gasteiger partial charge in [-0.25, -0.2) is 0 Å². The van der Waals surface area contributed by atoms with E-state index in [4.69, 9.17) is 17.0 Å². The van der Waals surface area contributed by atoms with Gasteiger partial charge < -0.3 is 0 Å². The molecule has 0 saturated heterocycles. The van der Waals surface area contributed by atoms with Crippen molar-refractivity contribution in [2.45, 2.75) is 6.92 Å². The Labute approximate surface area is 65.0 Å². The number of halogens is 2. The van der Waals surface area contributed by atoms with Gasteiger partial charge in [-0.3, -0.25) is 0 Å². The third-order valence-corrected chi connectivity index (χ3v) is 3.11. The van der Waals surface area contributed by atoms with E-state index >= 15 is 0 Å². The predicted octanol–water partition coefficient (Wildman–Crippen LogP) is 3.00. The van der Waals surface area contributed by atoms with Gasteiger partial charge in [0.15, 0.2) is 0 Å². The Kier molecular flexibility index (Phi) is 6.78. The minimum absolute atomic E-state index is 1.89. The van der Waals surface area contributed by atoms with Gasteiger partial charge in [0, 0.05) is 0 Å². The summed E-state index contributed by atoms with van der Waals surface area (Å²) in [5.41, 5.74) is 0. The average Bonchev–Trinajstić information content (AvgIpc) is 1.66. The van der Waals surface area contributed by atoms with Gasteiger partial charge in [0.1, 0.15) is 0 Å². The molecule has 0 bridgehead atoms. The van der Waals surface area contributed by atoms with Crippen molar-refractivity contribution in [2.24, 2.45) is 0 Å². The van der Waals surface area contributed by atoms with E-state index < -0.39 is 19.4 Å². The van der Waals surface area contributed by atoms with Crippen molar-refractivity contribution in [3.05, 3.63) is 22.0 Å². The summed E-state index contributed by atoms with van der Waals surface area (Å²) in [6.45, 7) is 1.95. The zero-order chi connectivity index (χ0) is 6.41. The fourth-order valence-electron chi connectivity index (χ4n) is 0.239. The summed E-state index contributed by atoms with van der Waals surface area (Å²) in [6, 6.07) is 0. The quantitative estimate of drug-likeness (QED) is 0.638. The molecule has 0 aliphatic carbocycles. The van der Waals surface area contributed by atoms with E-state index in [1.807, 2.05) is 28.9 Å². The summed E-state index contributed by atoms with van der Waals surface area (Å²) in [6.07, 6.45) is 5.76. The van der Waals surface area contributed by atoms with Crippen LogP contribution in [0, 0.1) is 0 Å². The Hall–Kier alpha value is 0.943. The van der Waals surface area contributed by atoms with Gasteiger partial charge >= 0.3 is 65.3 Å². The van der Waals surface area contributed by atoms with Crippen molar-refractivity contribution in [1.29, 1.82) is 0 Å².